The molecule has 10 aromatic rings. The Morgan fingerprint density at radius 2 is 0.726 bits per heavy atom. The number of hydrogen-bond donors (Lipinski definition) is 2. The zero-order valence-electron chi connectivity index (χ0n) is 34.8. The van der Waals surface area contributed by atoms with Crippen LogP contribution in [0.1, 0.15) is 36.8 Å². The van der Waals surface area contributed by atoms with Crippen LogP contribution in [-0.4, -0.2) is 31.6 Å². The van der Waals surface area contributed by atoms with Gasteiger partial charge in [-0.2, -0.15) is 0 Å². The molecule has 2 N–H and O–H groups in total. The molecule has 0 bridgehead atoms. The largest absolute Gasteiger partial charge is 0.505 e. The number of phenols is 2. The number of ether oxygens (including phenoxy) is 2. The Hall–Kier alpha value is -7.44. The molecular formula is C56H46N2O4. The molecule has 0 radical (unpaired) electrons. The number of fused-ring (bicyclic) bond motifs is 6. The van der Waals surface area contributed by atoms with Crippen LogP contribution < -0.4 is 9.47 Å². The topological polar surface area (TPSA) is 68.8 Å². The highest BCUT2D eigenvalue weighted by molar-refractivity contribution is 6.10. The average Bonchev–Trinajstić information content (AvgIpc) is 3.82. The molecule has 0 aliphatic heterocycles. The van der Waals surface area contributed by atoms with Gasteiger partial charge in [0.25, 0.3) is 0 Å². The van der Waals surface area contributed by atoms with Crippen molar-refractivity contribution in [2.75, 3.05) is 0 Å². The van der Waals surface area contributed by atoms with Gasteiger partial charge in [0, 0.05) is 43.8 Å². The number of nitrogens with zero attached hydrogens (tertiary/aromatic N) is 2. The van der Waals surface area contributed by atoms with E-state index in [1.54, 1.807) is 0 Å². The first-order valence-electron chi connectivity index (χ1n) is 21.6. The summed E-state index contributed by atoms with van der Waals surface area (Å²) in [5.74, 6) is 1.79. The Bertz CT molecular complexity index is 3010. The fourth-order valence-electron chi connectivity index (χ4n) is 9.88. The number of benzene rings is 8. The van der Waals surface area contributed by atoms with Crippen molar-refractivity contribution < 1.29 is 19.7 Å². The summed E-state index contributed by atoms with van der Waals surface area (Å²) in [7, 11) is 0. The van der Waals surface area contributed by atoms with E-state index in [1.165, 1.54) is 0 Å². The molecule has 6 nitrogen and oxygen atoms in total. The van der Waals surface area contributed by atoms with Crippen molar-refractivity contribution in [2.45, 2.75) is 51.7 Å². The Balaban J connectivity index is 0.949. The minimum atomic E-state index is -0.249. The van der Waals surface area contributed by atoms with Crippen LogP contribution in [-0.2, 0) is 0 Å². The zero-order valence-corrected chi connectivity index (χ0v) is 34.8. The van der Waals surface area contributed by atoms with Gasteiger partial charge in [-0.15, -0.1) is 0 Å². The third-order valence-electron chi connectivity index (χ3n) is 12.7. The van der Waals surface area contributed by atoms with E-state index >= 15 is 0 Å². The third kappa shape index (κ3) is 6.25. The lowest BCUT2D eigenvalue weighted by Crippen LogP contribution is -2.39. The van der Waals surface area contributed by atoms with E-state index in [0.29, 0.717) is 22.6 Å². The van der Waals surface area contributed by atoms with Crippen LogP contribution in [0.25, 0.3) is 77.2 Å². The summed E-state index contributed by atoms with van der Waals surface area (Å²) in [6.45, 7) is 4.15. The van der Waals surface area contributed by atoms with Crippen LogP contribution in [0.2, 0.25) is 0 Å². The van der Waals surface area contributed by atoms with E-state index in [-0.39, 0.29) is 23.7 Å². The summed E-state index contributed by atoms with van der Waals surface area (Å²) < 4.78 is 18.4. The van der Waals surface area contributed by atoms with Crippen molar-refractivity contribution in [1.82, 2.24) is 9.13 Å². The van der Waals surface area contributed by atoms with Crippen molar-refractivity contribution in [3.8, 4) is 56.6 Å². The van der Waals surface area contributed by atoms with Gasteiger partial charge in [-0.3, -0.25) is 0 Å². The first-order chi connectivity index (χ1) is 30.4. The molecule has 0 amide bonds. The molecular weight excluding hydrogens is 765 g/mol. The fourth-order valence-corrected chi connectivity index (χ4v) is 9.88. The molecule has 2 atom stereocenters. The molecule has 62 heavy (non-hydrogen) atoms. The first-order valence-corrected chi connectivity index (χ1v) is 21.6. The Morgan fingerprint density at radius 1 is 0.403 bits per heavy atom. The number of hydrogen-bond acceptors (Lipinski definition) is 4. The zero-order chi connectivity index (χ0) is 41.9. The lowest BCUT2D eigenvalue weighted by molar-refractivity contribution is 0.0238. The number of phenolic OH excluding ortho intramolecular Hbond substituents is 2. The predicted molar refractivity (Wildman–Crippen MR) is 253 cm³/mol. The van der Waals surface area contributed by atoms with Crippen LogP contribution >= 0.6 is 0 Å². The molecule has 0 spiro atoms. The maximum atomic E-state index is 12.3. The van der Waals surface area contributed by atoms with Gasteiger partial charge in [0.15, 0.2) is 0 Å². The fraction of sp³-hybridized carbons (Fsp3) is 0.143. The highest BCUT2D eigenvalue weighted by atomic mass is 16.5. The van der Waals surface area contributed by atoms with Crippen molar-refractivity contribution in [1.29, 1.82) is 0 Å². The number of aromatic nitrogens is 2. The van der Waals surface area contributed by atoms with Gasteiger partial charge in [-0.25, -0.2) is 0 Å². The normalized spacial score (nSPS) is 15.5. The molecule has 1 aliphatic carbocycles. The second kappa shape index (κ2) is 15.2. The number of aryl methyl sites for hydroxylation is 2. The minimum absolute atomic E-state index is 0.196. The van der Waals surface area contributed by atoms with Crippen LogP contribution in [0.15, 0.2) is 170 Å². The summed E-state index contributed by atoms with van der Waals surface area (Å²) in [4.78, 5) is 0. The minimum Gasteiger partial charge on any atom is -0.505 e. The summed E-state index contributed by atoms with van der Waals surface area (Å²) in [5, 5.41) is 29.1. The summed E-state index contributed by atoms with van der Waals surface area (Å²) in [6, 6.07) is 57.7. The Kier molecular flexibility index (Phi) is 9.23. The molecule has 1 fully saturated rings. The lowest BCUT2D eigenvalue weighted by Gasteiger charge is -2.33. The lowest BCUT2D eigenvalue weighted by atomic mass is 9.93. The van der Waals surface area contributed by atoms with Gasteiger partial charge >= 0.3 is 0 Å². The quantitative estimate of drug-likeness (QED) is 0.160. The van der Waals surface area contributed by atoms with Gasteiger partial charge < -0.3 is 28.8 Å². The molecule has 304 valence electrons. The summed E-state index contributed by atoms with van der Waals surface area (Å²) in [5.41, 5.74) is 10.7. The highest BCUT2D eigenvalue weighted by Gasteiger charge is 2.31. The van der Waals surface area contributed by atoms with Crippen molar-refractivity contribution in [3.63, 3.8) is 0 Å². The Morgan fingerprint density at radius 3 is 1.10 bits per heavy atom. The molecule has 2 unspecified atom stereocenters. The van der Waals surface area contributed by atoms with Crippen molar-refractivity contribution in [3.05, 3.63) is 181 Å². The monoisotopic (exact) mass is 810 g/mol. The van der Waals surface area contributed by atoms with E-state index < -0.39 is 0 Å². The smallest absolute Gasteiger partial charge is 0.147 e. The third-order valence-corrected chi connectivity index (χ3v) is 12.7. The molecule has 6 heteroatoms. The van der Waals surface area contributed by atoms with E-state index in [0.717, 1.165) is 103 Å². The van der Waals surface area contributed by atoms with Gasteiger partial charge in [0.1, 0.15) is 35.2 Å². The molecule has 1 aliphatic rings. The number of para-hydroxylation sites is 6. The first kappa shape index (κ1) is 37.6. The molecule has 11 rings (SSSR count). The number of aromatic hydroxyl groups is 2. The predicted octanol–water partition coefficient (Wildman–Crippen LogP) is 14.0. The molecule has 8 aromatic carbocycles. The second-order valence-corrected chi connectivity index (χ2v) is 16.7. The molecule has 2 aromatic heterocycles. The van der Waals surface area contributed by atoms with Crippen LogP contribution in [0.4, 0.5) is 0 Å². The van der Waals surface area contributed by atoms with Crippen molar-refractivity contribution in [2.24, 2.45) is 0 Å². The van der Waals surface area contributed by atoms with E-state index in [1.807, 2.05) is 84.9 Å². The molecule has 0 saturated heterocycles. The Labute approximate surface area is 360 Å². The van der Waals surface area contributed by atoms with E-state index in [2.05, 4.69) is 108 Å². The SMILES string of the molecule is Cc1cc(-c2ccccc2OC2CCCCC2Oc2ccccc2-c2cc(C)cc(-n3c4ccccc4c4ccccc43)c2O)c(O)c(-n2c3ccccc3c3ccccc32)c1. The number of rotatable bonds is 8. The van der Waals surface area contributed by atoms with Crippen molar-refractivity contribution >= 4 is 43.6 Å². The van der Waals surface area contributed by atoms with Crippen LogP contribution in [0.3, 0.4) is 0 Å². The second-order valence-electron chi connectivity index (χ2n) is 16.7. The van der Waals surface area contributed by atoms with Crippen LogP contribution in [0, 0.1) is 13.8 Å². The highest BCUT2D eigenvalue weighted by Crippen LogP contribution is 2.46. The summed E-state index contributed by atoms with van der Waals surface area (Å²) >= 11 is 0. The van der Waals surface area contributed by atoms with Crippen LogP contribution in [0.5, 0.6) is 23.0 Å². The molecule has 1 saturated carbocycles. The standard InChI is InChI=1S/C56H46N2O4/c1-35-31-43(55(59)49(33-35)57-45-23-9-3-17-37(45)38-18-4-10-24-46(38)57)41-21-7-13-27-51(41)61-53-29-15-16-30-54(53)62-52-28-14-8-22-42(52)44-32-36(2)34-50(56(44)60)58-47-25-11-5-19-39(47)40-20-6-12-26-48(40)58/h3-14,17-28,31-34,53-54,59-60H,15-16,29-30H2,1-2H3. The van der Waals surface area contributed by atoms with E-state index in [9.17, 15) is 10.2 Å². The van der Waals surface area contributed by atoms with Gasteiger partial charge in [-0.1, -0.05) is 109 Å². The van der Waals surface area contributed by atoms with Gasteiger partial charge in [0.2, 0.25) is 0 Å². The van der Waals surface area contributed by atoms with Gasteiger partial charge in [0.05, 0.1) is 33.4 Å². The maximum Gasteiger partial charge on any atom is 0.147 e. The maximum absolute atomic E-state index is 12.3. The molecule has 2 heterocycles. The van der Waals surface area contributed by atoms with E-state index in [4.69, 9.17) is 9.47 Å². The summed E-state index contributed by atoms with van der Waals surface area (Å²) in [6.07, 6.45) is 3.18. The van der Waals surface area contributed by atoms with Gasteiger partial charge in [-0.05, 0) is 111 Å². The average molecular weight is 811 g/mol.